The van der Waals surface area contributed by atoms with Crippen LogP contribution in [0.25, 0.3) is 10.9 Å². The number of nitrogens with two attached hydrogens (primary N) is 1. The molecular weight excluding hydrogens is 450 g/mol. The van der Waals surface area contributed by atoms with Gasteiger partial charge in [-0.25, -0.2) is 9.37 Å². The molecule has 174 valence electrons. The van der Waals surface area contributed by atoms with Gasteiger partial charge in [0.1, 0.15) is 11.6 Å². The summed E-state index contributed by atoms with van der Waals surface area (Å²) in [4.78, 5) is 24.7. The SMILES string of the molecule is Cc1nc(N)c(C(F)(F)F)cc1CNC(=O)c1ccnc(Cc2ccc3ncc(F)cc3c2)c1. The van der Waals surface area contributed by atoms with Crippen LogP contribution < -0.4 is 11.1 Å². The fourth-order valence-corrected chi connectivity index (χ4v) is 3.54. The number of benzene rings is 1. The normalized spacial score (nSPS) is 11.6. The van der Waals surface area contributed by atoms with Crippen molar-refractivity contribution in [2.45, 2.75) is 26.1 Å². The van der Waals surface area contributed by atoms with E-state index in [0.29, 0.717) is 34.3 Å². The lowest BCUT2D eigenvalue weighted by molar-refractivity contribution is -0.137. The predicted molar refractivity (Wildman–Crippen MR) is 118 cm³/mol. The number of hydrogen-bond acceptors (Lipinski definition) is 5. The van der Waals surface area contributed by atoms with E-state index in [0.717, 1.165) is 17.8 Å². The number of amides is 1. The Morgan fingerprint density at radius 3 is 2.65 bits per heavy atom. The Balaban J connectivity index is 1.48. The molecule has 6 nitrogen and oxygen atoms in total. The Bertz CT molecular complexity index is 1390. The standard InChI is InChI=1S/C24H19F4N5O/c1-13-17(10-20(22(29)33-13)24(26,27)28)11-32-23(34)15-4-5-30-19(9-15)7-14-2-3-21-16(6-14)8-18(25)12-31-21/h2-6,8-10,12H,7,11H2,1H3,(H2,29,33)(H,32,34). The van der Waals surface area contributed by atoms with Gasteiger partial charge in [-0.1, -0.05) is 6.07 Å². The average molecular weight is 469 g/mol. The number of nitrogens with zero attached hydrogens (tertiary/aromatic N) is 3. The third-order valence-electron chi connectivity index (χ3n) is 5.27. The monoisotopic (exact) mass is 469 g/mol. The molecule has 0 aliphatic carbocycles. The zero-order chi connectivity index (χ0) is 24.5. The zero-order valence-corrected chi connectivity index (χ0v) is 17.9. The van der Waals surface area contributed by atoms with Gasteiger partial charge < -0.3 is 11.1 Å². The highest BCUT2D eigenvalue weighted by Gasteiger charge is 2.34. The molecule has 0 aliphatic heterocycles. The molecule has 0 atom stereocenters. The quantitative estimate of drug-likeness (QED) is 0.417. The van der Waals surface area contributed by atoms with Gasteiger partial charge in [0.25, 0.3) is 5.91 Å². The summed E-state index contributed by atoms with van der Waals surface area (Å²) < 4.78 is 52.8. The van der Waals surface area contributed by atoms with Gasteiger partial charge in [-0.2, -0.15) is 13.2 Å². The number of pyridine rings is 3. The molecule has 0 fully saturated rings. The molecule has 3 aromatic heterocycles. The van der Waals surface area contributed by atoms with Crippen LogP contribution in [-0.2, 0) is 19.1 Å². The summed E-state index contributed by atoms with van der Waals surface area (Å²) >= 11 is 0. The highest BCUT2D eigenvalue weighted by atomic mass is 19.4. The molecule has 0 saturated carbocycles. The van der Waals surface area contributed by atoms with E-state index in [2.05, 4.69) is 20.3 Å². The summed E-state index contributed by atoms with van der Waals surface area (Å²) in [5.74, 6) is -1.51. The fourth-order valence-electron chi connectivity index (χ4n) is 3.54. The van der Waals surface area contributed by atoms with Gasteiger partial charge in [-0.15, -0.1) is 0 Å². The van der Waals surface area contributed by atoms with E-state index in [1.54, 1.807) is 18.2 Å². The van der Waals surface area contributed by atoms with Gasteiger partial charge >= 0.3 is 6.18 Å². The zero-order valence-electron chi connectivity index (χ0n) is 17.9. The summed E-state index contributed by atoms with van der Waals surface area (Å²) in [6, 6.07) is 10.8. The maximum Gasteiger partial charge on any atom is 0.419 e. The van der Waals surface area contributed by atoms with Gasteiger partial charge in [-0.05, 0) is 54.4 Å². The molecule has 0 bridgehead atoms. The van der Waals surface area contributed by atoms with Crippen molar-refractivity contribution in [2.75, 3.05) is 5.73 Å². The van der Waals surface area contributed by atoms with Gasteiger partial charge in [0.2, 0.25) is 0 Å². The summed E-state index contributed by atoms with van der Waals surface area (Å²) in [5, 5.41) is 3.26. The molecule has 34 heavy (non-hydrogen) atoms. The Hall–Kier alpha value is -4.08. The lowest BCUT2D eigenvalue weighted by Crippen LogP contribution is -2.24. The summed E-state index contributed by atoms with van der Waals surface area (Å²) in [5.41, 5.74) is 7.27. The first kappa shape index (κ1) is 23.1. The van der Waals surface area contributed by atoms with E-state index >= 15 is 0 Å². The molecular formula is C24H19F4N5O. The molecule has 3 N–H and O–H groups in total. The van der Waals surface area contributed by atoms with Gasteiger partial charge in [0, 0.05) is 41.5 Å². The molecule has 0 saturated heterocycles. The van der Waals surface area contributed by atoms with Gasteiger partial charge in [-0.3, -0.25) is 14.8 Å². The Labute approximate surface area is 191 Å². The van der Waals surface area contributed by atoms with Crippen molar-refractivity contribution < 1.29 is 22.4 Å². The van der Waals surface area contributed by atoms with Crippen LogP contribution in [-0.4, -0.2) is 20.9 Å². The van der Waals surface area contributed by atoms with E-state index < -0.39 is 29.3 Å². The van der Waals surface area contributed by atoms with Crippen LogP contribution in [0.5, 0.6) is 0 Å². The first-order chi connectivity index (χ1) is 16.1. The maximum atomic E-state index is 13.5. The fraction of sp³-hybridized carbons (Fsp3) is 0.167. The molecule has 1 aromatic carbocycles. The lowest BCUT2D eigenvalue weighted by atomic mass is 10.0. The van der Waals surface area contributed by atoms with Crippen molar-refractivity contribution in [2.24, 2.45) is 0 Å². The second-order valence-electron chi connectivity index (χ2n) is 7.74. The van der Waals surface area contributed by atoms with Crippen LogP contribution >= 0.6 is 0 Å². The number of hydrogen-bond donors (Lipinski definition) is 2. The highest BCUT2D eigenvalue weighted by molar-refractivity contribution is 5.94. The largest absolute Gasteiger partial charge is 0.419 e. The molecule has 1 amide bonds. The lowest BCUT2D eigenvalue weighted by Gasteiger charge is -2.14. The molecule has 3 heterocycles. The summed E-state index contributed by atoms with van der Waals surface area (Å²) in [6.45, 7) is 1.37. The number of anilines is 1. The number of carbonyl (C=O) groups excluding carboxylic acids is 1. The van der Waals surface area contributed by atoms with Crippen LogP contribution in [0.2, 0.25) is 0 Å². The summed E-state index contributed by atoms with van der Waals surface area (Å²) in [6.07, 6.45) is -1.63. The number of alkyl halides is 3. The smallest absolute Gasteiger partial charge is 0.383 e. The van der Waals surface area contributed by atoms with Crippen molar-refractivity contribution in [1.82, 2.24) is 20.3 Å². The molecule has 0 unspecified atom stereocenters. The number of nitrogen functional groups attached to an aromatic ring is 1. The van der Waals surface area contributed by atoms with E-state index in [1.807, 2.05) is 6.07 Å². The van der Waals surface area contributed by atoms with Crippen LogP contribution in [0.4, 0.5) is 23.4 Å². The van der Waals surface area contributed by atoms with Crippen LogP contribution in [0.15, 0.2) is 54.9 Å². The third kappa shape index (κ3) is 5.11. The first-order valence-corrected chi connectivity index (χ1v) is 10.2. The number of nitrogens with one attached hydrogen (secondary N) is 1. The number of carbonyl (C=O) groups is 1. The molecule has 4 aromatic rings. The second-order valence-corrected chi connectivity index (χ2v) is 7.74. The summed E-state index contributed by atoms with van der Waals surface area (Å²) in [7, 11) is 0. The Morgan fingerprint density at radius 1 is 1.09 bits per heavy atom. The van der Waals surface area contributed by atoms with Crippen LogP contribution in [0.1, 0.15) is 38.4 Å². The molecule has 0 radical (unpaired) electrons. The Kier molecular flexibility index (Phi) is 6.14. The first-order valence-electron chi connectivity index (χ1n) is 10.2. The predicted octanol–water partition coefficient (Wildman–Crippen LogP) is 4.59. The van der Waals surface area contributed by atoms with Crippen molar-refractivity contribution in [3.8, 4) is 0 Å². The van der Waals surface area contributed by atoms with E-state index in [-0.39, 0.29) is 12.1 Å². The minimum atomic E-state index is -4.64. The molecule has 0 aliphatic rings. The maximum absolute atomic E-state index is 13.5. The average Bonchev–Trinajstić information content (AvgIpc) is 2.77. The number of rotatable bonds is 5. The number of aromatic nitrogens is 3. The van der Waals surface area contributed by atoms with E-state index in [9.17, 15) is 22.4 Å². The van der Waals surface area contributed by atoms with Gasteiger partial charge in [0.05, 0.1) is 17.3 Å². The van der Waals surface area contributed by atoms with Crippen molar-refractivity contribution in [3.63, 3.8) is 0 Å². The molecule has 10 heteroatoms. The van der Waals surface area contributed by atoms with Crippen molar-refractivity contribution >= 4 is 22.6 Å². The Morgan fingerprint density at radius 2 is 1.88 bits per heavy atom. The molecule has 0 spiro atoms. The van der Waals surface area contributed by atoms with Crippen LogP contribution in [0.3, 0.4) is 0 Å². The van der Waals surface area contributed by atoms with Crippen LogP contribution in [0, 0.1) is 12.7 Å². The number of fused-ring (bicyclic) bond motifs is 1. The third-order valence-corrected chi connectivity index (χ3v) is 5.27. The van der Waals surface area contributed by atoms with E-state index in [1.165, 1.54) is 25.3 Å². The van der Waals surface area contributed by atoms with Crippen molar-refractivity contribution in [3.05, 3.63) is 94.3 Å². The van der Waals surface area contributed by atoms with Crippen molar-refractivity contribution in [1.29, 1.82) is 0 Å². The topological polar surface area (TPSA) is 93.8 Å². The second kappa shape index (κ2) is 9.05. The minimum Gasteiger partial charge on any atom is -0.383 e. The minimum absolute atomic E-state index is 0.151. The number of aryl methyl sites for hydroxylation is 1. The number of halogens is 4. The van der Waals surface area contributed by atoms with E-state index in [4.69, 9.17) is 5.73 Å². The highest BCUT2D eigenvalue weighted by Crippen LogP contribution is 2.33. The van der Waals surface area contributed by atoms with Gasteiger partial charge in [0.15, 0.2) is 0 Å². The molecule has 4 rings (SSSR count).